The molecule has 1 aliphatic heterocycles. The minimum Gasteiger partial charge on any atom is -0.354 e. The Balaban J connectivity index is 2.02. The predicted octanol–water partition coefficient (Wildman–Crippen LogP) is 2.44. The lowest BCUT2D eigenvalue weighted by Crippen LogP contribution is -2.47. The van der Waals surface area contributed by atoms with Gasteiger partial charge in [0.15, 0.2) is 0 Å². The van der Waals surface area contributed by atoms with Crippen molar-refractivity contribution in [2.45, 2.75) is 40.2 Å². The van der Waals surface area contributed by atoms with Gasteiger partial charge in [-0.05, 0) is 26.2 Å². The van der Waals surface area contributed by atoms with Crippen LogP contribution in [0.25, 0.3) is 0 Å². The fraction of sp³-hybridized carbons (Fsp3) is 0.667. The van der Waals surface area contributed by atoms with Gasteiger partial charge in [-0.15, -0.1) is 23.1 Å². The van der Waals surface area contributed by atoms with Crippen molar-refractivity contribution in [2.24, 2.45) is 5.92 Å². The number of hydrogen-bond donors (Lipinski definition) is 1. The van der Waals surface area contributed by atoms with Crippen molar-refractivity contribution < 1.29 is 9.59 Å². The summed E-state index contributed by atoms with van der Waals surface area (Å²) in [7, 11) is 0. The summed E-state index contributed by atoms with van der Waals surface area (Å²) in [5.74, 6) is 1.67. The third kappa shape index (κ3) is 4.01. The molecule has 2 heterocycles. The van der Waals surface area contributed by atoms with Crippen molar-refractivity contribution in [1.82, 2.24) is 15.2 Å². The standard InChI is InChI=1S/C15H23N3O2S2/c1-9(2)5-6-16-14(19)12-7-21-8-18(12)15(20)13-10(3)17-11(4)22-13/h9,12H,5-8H2,1-4H3,(H,16,19)/t12-/m1/s1. The summed E-state index contributed by atoms with van der Waals surface area (Å²) in [4.78, 5) is 31.6. The number of hydrogen-bond acceptors (Lipinski definition) is 5. The van der Waals surface area contributed by atoms with E-state index in [0.29, 0.717) is 29.0 Å². The Morgan fingerprint density at radius 3 is 2.73 bits per heavy atom. The second-order valence-corrected chi connectivity index (χ2v) is 8.11. The van der Waals surface area contributed by atoms with E-state index >= 15 is 0 Å². The van der Waals surface area contributed by atoms with Gasteiger partial charge < -0.3 is 10.2 Å². The first-order valence-electron chi connectivity index (χ1n) is 7.50. The van der Waals surface area contributed by atoms with Gasteiger partial charge in [-0.25, -0.2) is 4.98 Å². The van der Waals surface area contributed by atoms with Crippen molar-refractivity contribution in [3.8, 4) is 0 Å². The van der Waals surface area contributed by atoms with E-state index < -0.39 is 0 Å². The van der Waals surface area contributed by atoms with E-state index in [0.717, 1.165) is 17.1 Å². The molecule has 0 bridgehead atoms. The van der Waals surface area contributed by atoms with Crippen molar-refractivity contribution in [2.75, 3.05) is 18.2 Å². The lowest BCUT2D eigenvalue weighted by atomic mass is 10.1. The molecular formula is C15H23N3O2S2. The van der Waals surface area contributed by atoms with E-state index in [1.54, 1.807) is 16.7 Å². The number of thioether (sulfide) groups is 1. The summed E-state index contributed by atoms with van der Waals surface area (Å²) in [6.07, 6.45) is 0.951. The lowest BCUT2D eigenvalue weighted by molar-refractivity contribution is -0.124. The van der Waals surface area contributed by atoms with Crippen LogP contribution in [0.3, 0.4) is 0 Å². The molecule has 1 N–H and O–H groups in total. The smallest absolute Gasteiger partial charge is 0.267 e. The van der Waals surface area contributed by atoms with E-state index in [9.17, 15) is 9.59 Å². The molecule has 0 radical (unpaired) electrons. The molecule has 1 aromatic rings. The van der Waals surface area contributed by atoms with Gasteiger partial charge in [0.2, 0.25) is 5.91 Å². The van der Waals surface area contributed by atoms with Crippen LogP contribution in [0.15, 0.2) is 0 Å². The normalized spacial score (nSPS) is 18.0. The highest BCUT2D eigenvalue weighted by Gasteiger charge is 2.36. The third-order valence-electron chi connectivity index (χ3n) is 3.56. The molecule has 1 atom stereocenters. The van der Waals surface area contributed by atoms with Crippen molar-refractivity contribution in [3.63, 3.8) is 0 Å². The van der Waals surface area contributed by atoms with Crippen LogP contribution >= 0.6 is 23.1 Å². The van der Waals surface area contributed by atoms with Crippen LogP contribution < -0.4 is 5.32 Å². The maximum Gasteiger partial charge on any atom is 0.267 e. The molecule has 122 valence electrons. The Morgan fingerprint density at radius 1 is 1.41 bits per heavy atom. The number of carbonyl (C=O) groups excluding carboxylic acids is 2. The number of thiazole rings is 1. The molecule has 22 heavy (non-hydrogen) atoms. The molecule has 0 spiro atoms. The zero-order chi connectivity index (χ0) is 16.3. The van der Waals surface area contributed by atoms with Crippen LogP contribution in [-0.2, 0) is 4.79 Å². The van der Waals surface area contributed by atoms with E-state index in [1.807, 2.05) is 13.8 Å². The average Bonchev–Trinajstić information content (AvgIpc) is 3.04. The molecule has 0 aromatic carbocycles. The molecule has 2 amide bonds. The summed E-state index contributed by atoms with van der Waals surface area (Å²) in [6, 6.07) is -0.369. The summed E-state index contributed by atoms with van der Waals surface area (Å²) in [5, 5.41) is 3.83. The Labute approximate surface area is 139 Å². The minimum atomic E-state index is -0.369. The Kier molecular flexibility index (Phi) is 5.86. The summed E-state index contributed by atoms with van der Waals surface area (Å²) < 4.78 is 0. The predicted molar refractivity (Wildman–Crippen MR) is 91.3 cm³/mol. The number of rotatable bonds is 5. The molecule has 0 aliphatic carbocycles. The first-order chi connectivity index (χ1) is 10.4. The topological polar surface area (TPSA) is 62.3 Å². The molecular weight excluding hydrogens is 318 g/mol. The molecule has 7 heteroatoms. The van der Waals surface area contributed by atoms with Crippen LogP contribution in [0.4, 0.5) is 0 Å². The van der Waals surface area contributed by atoms with Crippen LogP contribution in [0.2, 0.25) is 0 Å². The van der Waals surface area contributed by atoms with Gasteiger partial charge in [0.05, 0.1) is 16.6 Å². The van der Waals surface area contributed by atoms with E-state index in [4.69, 9.17) is 0 Å². The minimum absolute atomic E-state index is 0.0436. The first kappa shape index (κ1) is 17.3. The van der Waals surface area contributed by atoms with Gasteiger partial charge in [-0.2, -0.15) is 0 Å². The number of amides is 2. The Morgan fingerprint density at radius 2 is 2.14 bits per heavy atom. The van der Waals surface area contributed by atoms with Crippen LogP contribution in [0.1, 0.15) is 40.6 Å². The van der Waals surface area contributed by atoms with Gasteiger partial charge in [-0.1, -0.05) is 13.8 Å². The van der Waals surface area contributed by atoms with E-state index in [1.165, 1.54) is 11.3 Å². The highest BCUT2D eigenvalue weighted by atomic mass is 32.2. The second-order valence-electron chi connectivity index (χ2n) is 5.91. The van der Waals surface area contributed by atoms with Gasteiger partial charge in [0.25, 0.3) is 5.91 Å². The summed E-state index contributed by atoms with van der Waals surface area (Å²) in [6.45, 7) is 8.66. The number of aryl methyl sites for hydroxylation is 2. The molecule has 2 rings (SSSR count). The Bertz CT molecular complexity index is 557. The fourth-order valence-electron chi connectivity index (χ4n) is 2.32. The van der Waals surface area contributed by atoms with Crippen LogP contribution in [-0.4, -0.2) is 45.9 Å². The SMILES string of the molecule is Cc1nc(C)c(C(=O)N2CSC[C@@H]2C(=O)NCCC(C)C)s1. The number of aromatic nitrogens is 1. The van der Waals surface area contributed by atoms with Crippen molar-refractivity contribution >= 4 is 34.9 Å². The lowest BCUT2D eigenvalue weighted by Gasteiger charge is -2.22. The maximum atomic E-state index is 12.7. The molecule has 1 saturated heterocycles. The molecule has 1 fully saturated rings. The van der Waals surface area contributed by atoms with Gasteiger partial charge in [0, 0.05) is 12.3 Å². The quantitative estimate of drug-likeness (QED) is 0.893. The zero-order valence-corrected chi connectivity index (χ0v) is 15.1. The van der Waals surface area contributed by atoms with Gasteiger partial charge in [-0.3, -0.25) is 9.59 Å². The van der Waals surface area contributed by atoms with E-state index in [2.05, 4.69) is 24.1 Å². The van der Waals surface area contributed by atoms with Crippen LogP contribution in [0.5, 0.6) is 0 Å². The fourth-order valence-corrected chi connectivity index (χ4v) is 4.35. The molecule has 5 nitrogen and oxygen atoms in total. The second kappa shape index (κ2) is 7.46. The van der Waals surface area contributed by atoms with Crippen molar-refractivity contribution in [1.29, 1.82) is 0 Å². The van der Waals surface area contributed by atoms with Gasteiger partial charge in [0.1, 0.15) is 10.9 Å². The van der Waals surface area contributed by atoms with E-state index in [-0.39, 0.29) is 17.9 Å². The average molecular weight is 342 g/mol. The highest BCUT2D eigenvalue weighted by molar-refractivity contribution is 7.99. The summed E-state index contributed by atoms with van der Waals surface area (Å²) >= 11 is 3.02. The first-order valence-corrected chi connectivity index (χ1v) is 9.47. The van der Waals surface area contributed by atoms with Crippen LogP contribution in [0, 0.1) is 19.8 Å². The number of nitrogens with zero attached hydrogens (tertiary/aromatic N) is 2. The molecule has 1 aromatic heterocycles. The third-order valence-corrected chi connectivity index (χ3v) is 5.64. The maximum absolute atomic E-state index is 12.7. The summed E-state index contributed by atoms with van der Waals surface area (Å²) in [5.41, 5.74) is 0.753. The Hall–Kier alpha value is -1.08. The molecule has 0 saturated carbocycles. The zero-order valence-electron chi connectivity index (χ0n) is 13.5. The molecule has 0 unspecified atom stereocenters. The largest absolute Gasteiger partial charge is 0.354 e. The number of carbonyl (C=O) groups is 2. The number of nitrogens with one attached hydrogen (secondary N) is 1. The van der Waals surface area contributed by atoms with Crippen molar-refractivity contribution in [3.05, 3.63) is 15.6 Å². The highest BCUT2D eigenvalue weighted by Crippen LogP contribution is 2.26. The molecule has 1 aliphatic rings. The van der Waals surface area contributed by atoms with Gasteiger partial charge >= 0.3 is 0 Å². The monoisotopic (exact) mass is 341 g/mol.